The van der Waals surface area contributed by atoms with Crippen molar-refractivity contribution in [1.82, 2.24) is 10.1 Å². The second-order valence-corrected chi connectivity index (χ2v) is 4.97. The summed E-state index contributed by atoms with van der Waals surface area (Å²) in [5, 5.41) is 3.81. The maximum Gasteiger partial charge on any atom is 0.252 e. The van der Waals surface area contributed by atoms with Crippen molar-refractivity contribution in [3.63, 3.8) is 0 Å². The maximum atomic E-state index is 5.84. The molecule has 92 valence electrons. The minimum absolute atomic E-state index is 0.357. The summed E-state index contributed by atoms with van der Waals surface area (Å²) < 4.78 is 10.5. The molecule has 0 spiro atoms. The van der Waals surface area contributed by atoms with Gasteiger partial charge >= 0.3 is 0 Å². The molecule has 0 aliphatic rings. The van der Waals surface area contributed by atoms with Gasteiger partial charge in [-0.05, 0) is 26.2 Å². The molecule has 5 nitrogen and oxygen atoms in total. The van der Waals surface area contributed by atoms with E-state index in [2.05, 4.69) is 24.0 Å². The molecule has 0 aromatic carbocycles. The van der Waals surface area contributed by atoms with E-state index in [0.29, 0.717) is 30.8 Å². The fourth-order valence-corrected chi connectivity index (χ4v) is 1.05. The first-order chi connectivity index (χ1) is 7.39. The van der Waals surface area contributed by atoms with E-state index < -0.39 is 5.54 Å². The minimum atomic E-state index is -0.570. The molecule has 1 heterocycles. The van der Waals surface area contributed by atoms with Gasteiger partial charge in [0.25, 0.3) is 5.89 Å². The quantitative estimate of drug-likeness (QED) is 0.750. The average molecular weight is 227 g/mol. The van der Waals surface area contributed by atoms with Gasteiger partial charge in [0, 0.05) is 6.61 Å². The molecule has 0 amide bonds. The molecule has 2 N–H and O–H groups in total. The van der Waals surface area contributed by atoms with Gasteiger partial charge in [-0.3, -0.25) is 0 Å². The summed E-state index contributed by atoms with van der Waals surface area (Å²) in [6, 6.07) is 0. The summed E-state index contributed by atoms with van der Waals surface area (Å²) in [5.74, 6) is 1.63. The van der Waals surface area contributed by atoms with E-state index in [0.717, 1.165) is 6.42 Å². The molecular formula is C11H21N3O2. The van der Waals surface area contributed by atoms with Crippen molar-refractivity contribution in [2.45, 2.75) is 46.3 Å². The van der Waals surface area contributed by atoms with Gasteiger partial charge in [-0.15, -0.1) is 0 Å². The van der Waals surface area contributed by atoms with Crippen molar-refractivity contribution in [2.24, 2.45) is 11.7 Å². The molecule has 0 unspecified atom stereocenters. The Labute approximate surface area is 96.4 Å². The Bertz CT molecular complexity index is 315. The Morgan fingerprint density at radius 3 is 2.62 bits per heavy atom. The maximum absolute atomic E-state index is 5.84. The molecule has 0 saturated carbocycles. The molecule has 1 aromatic heterocycles. The molecule has 0 radical (unpaired) electrons. The predicted molar refractivity (Wildman–Crippen MR) is 60.6 cm³/mol. The van der Waals surface area contributed by atoms with Crippen LogP contribution < -0.4 is 5.73 Å². The van der Waals surface area contributed by atoms with Gasteiger partial charge in [0.15, 0.2) is 5.82 Å². The largest absolute Gasteiger partial charge is 0.372 e. The van der Waals surface area contributed by atoms with Crippen LogP contribution >= 0.6 is 0 Å². The highest BCUT2D eigenvalue weighted by Gasteiger charge is 2.21. The number of rotatable bonds is 6. The Kier molecular flexibility index (Phi) is 4.44. The SMILES string of the molecule is CC(C)CCOCc1nc(C(C)(C)N)no1. The lowest BCUT2D eigenvalue weighted by Gasteiger charge is -2.11. The van der Waals surface area contributed by atoms with Gasteiger partial charge in [-0.2, -0.15) is 4.98 Å². The summed E-state index contributed by atoms with van der Waals surface area (Å²) in [4.78, 5) is 4.17. The average Bonchev–Trinajstić information content (AvgIpc) is 2.59. The number of aromatic nitrogens is 2. The number of hydrogen-bond acceptors (Lipinski definition) is 5. The predicted octanol–water partition coefficient (Wildman–Crippen LogP) is 1.83. The van der Waals surface area contributed by atoms with E-state index in [9.17, 15) is 0 Å². The van der Waals surface area contributed by atoms with Crippen molar-refractivity contribution in [1.29, 1.82) is 0 Å². The van der Waals surface area contributed by atoms with Crippen LogP contribution in [0.5, 0.6) is 0 Å². The van der Waals surface area contributed by atoms with Crippen LogP contribution in [-0.4, -0.2) is 16.7 Å². The summed E-state index contributed by atoms with van der Waals surface area (Å²) in [6.45, 7) is 9.05. The number of hydrogen-bond donors (Lipinski definition) is 1. The fraction of sp³-hybridized carbons (Fsp3) is 0.818. The molecule has 0 aliphatic heterocycles. The minimum Gasteiger partial charge on any atom is -0.372 e. The molecule has 1 aromatic rings. The van der Waals surface area contributed by atoms with E-state index in [1.165, 1.54) is 0 Å². The summed E-state index contributed by atoms with van der Waals surface area (Å²) in [7, 11) is 0. The number of nitrogens with zero attached hydrogens (tertiary/aromatic N) is 2. The molecule has 0 aliphatic carbocycles. The third kappa shape index (κ3) is 4.28. The van der Waals surface area contributed by atoms with Gasteiger partial charge in [0.05, 0.1) is 5.54 Å². The summed E-state index contributed by atoms with van der Waals surface area (Å²) >= 11 is 0. The zero-order valence-corrected chi connectivity index (χ0v) is 10.5. The monoisotopic (exact) mass is 227 g/mol. The smallest absolute Gasteiger partial charge is 0.252 e. The second-order valence-electron chi connectivity index (χ2n) is 4.97. The van der Waals surface area contributed by atoms with Crippen molar-refractivity contribution < 1.29 is 9.26 Å². The van der Waals surface area contributed by atoms with E-state index >= 15 is 0 Å². The topological polar surface area (TPSA) is 74.2 Å². The summed E-state index contributed by atoms with van der Waals surface area (Å²) in [5.41, 5.74) is 5.27. The van der Waals surface area contributed by atoms with E-state index in [1.807, 2.05) is 13.8 Å². The van der Waals surface area contributed by atoms with Crippen LogP contribution in [0.25, 0.3) is 0 Å². The zero-order valence-electron chi connectivity index (χ0n) is 10.5. The first-order valence-electron chi connectivity index (χ1n) is 5.59. The van der Waals surface area contributed by atoms with Crippen molar-refractivity contribution in [2.75, 3.05) is 6.61 Å². The summed E-state index contributed by atoms with van der Waals surface area (Å²) in [6.07, 6.45) is 1.03. The Morgan fingerprint density at radius 2 is 2.12 bits per heavy atom. The standard InChI is InChI=1S/C11H21N3O2/c1-8(2)5-6-15-7-9-13-10(14-16-9)11(3,4)12/h8H,5-7,12H2,1-4H3. The highest BCUT2D eigenvalue weighted by Crippen LogP contribution is 2.13. The van der Waals surface area contributed by atoms with Gasteiger partial charge in [-0.1, -0.05) is 19.0 Å². The molecule has 0 bridgehead atoms. The van der Waals surface area contributed by atoms with Gasteiger partial charge < -0.3 is 15.0 Å². The van der Waals surface area contributed by atoms with Crippen LogP contribution in [0.15, 0.2) is 4.52 Å². The molecular weight excluding hydrogens is 206 g/mol. The van der Waals surface area contributed by atoms with Crippen LogP contribution in [0.2, 0.25) is 0 Å². The lowest BCUT2D eigenvalue weighted by Crippen LogP contribution is -2.30. The fourth-order valence-electron chi connectivity index (χ4n) is 1.05. The highest BCUT2D eigenvalue weighted by atomic mass is 16.5. The third-order valence-corrected chi connectivity index (χ3v) is 2.11. The zero-order chi connectivity index (χ0) is 12.2. The van der Waals surface area contributed by atoms with Crippen molar-refractivity contribution in [3.8, 4) is 0 Å². The molecule has 5 heteroatoms. The normalized spacial score (nSPS) is 12.4. The molecule has 16 heavy (non-hydrogen) atoms. The first-order valence-corrected chi connectivity index (χ1v) is 5.59. The van der Waals surface area contributed by atoms with Crippen molar-refractivity contribution >= 4 is 0 Å². The molecule has 0 fully saturated rings. The third-order valence-electron chi connectivity index (χ3n) is 2.11. The van der Waals surface area contributed by atoms with Gasteiger partial charge in [0.1, 0.15) is 6.61 Å². The Balaban J connectivity index is 2.36. The van der Waals surface area contributed by atoms with Crippen LogP contribution in [0.1, 0.15) is 45.8 Å². The lowest BCUT2D eigenvalue weighted by atomic mass is 10.1. The lowest BCUT2D eigenvalue weighted by molar-refractivity contribution is 0.0893. The van der Waals surface area contributed by atoms with E-state index in [4.69, 9.17) is 15.0 Å². The van der Waals surface area contributed by atoms with Crippen molar-refractivity contribution in [3.05, 3.63) is 11.7 Å². The van der Waals surface area contributed by atoms with Crippen LogP contribution in [0, 0.1) is 5.92 Å². The second kappa shape index (κ2) is 5.41. The van der Waals surface area contributed by atoms with Crippen LogP contribution in [0.3, 0.4) is 0 Å². The molecule has 0 saturated heterocycles. The van der Waals surface area contributed by atoms with Crippen LogP contribution in [0.4, 0.5) is 0 Å². The Hall–Kier alpha value is -0.940. The number of nitrogens with two attached hydrogens (primary N) is 1. The van der Waals surface area contributed by atoms with E-state index in [1.54, 1.807) is 0 Å². The van der Waals surface area contributed by atoms with E-state index in [-0.39, 0.29) is 0 Å². The highest BCUT2D eigenvalue weighted by molar-refractivity contribution is 4.98. The molecule has 1 rings (SSSR count). The van der Waals surface area contributed by atoms with Gasteiger partial charge in [-0.25, -0.2) is 0 Å². The van der Waals surface area contributed by atoms with Gasteiger partial charge in [0.2, 0.25) is 0 Å². The first kappa shape index (κ1) is 13.1. The molecule has 0 atom stereocenters. The van der Waals surface area contributed by atoms with Crippen LogP contribution in [-0.2, 0) is 16.9 Å². The number of ether oxygens (including phenoxy) is 1. The Morgan fingerprint density at radius 1 is 1.44 bits per heavy atom.